The lowest BCUT2D eigenvalue weighted by Gasteiger charge is -2.03. The average molecular weight is 239 g/mol. The van der Waals surface area contributed by atoms with Gasteiger partial charge in [-0.2, -0.15) is 5.10 Å². The normalized spacial score (nSPS) is 10.1. The Bertz CT molecular complexity index is 407. The minimum atomic E-state index is 0.0719. The molecule has 0 saturated carbocycles. The number of benzene rings is 1. The third kappa shape index (κ3) is 3.39. The van der Waals surface area contributed by atoms with E-state index >= 15 is 0 Å². The number of methoxy groups -OCH3 is 1. The maximum Gasteiger partial charge on any atom is 0.186 e. The van der Waals surface area contributed by atoms with Crippen LogP contribution < -0.4 is 15.5 Å². The van der Waals surface area contributed by atoms with Crippen LogP contribution in [0.1, 0.15) is 5.56 Å². The van der Waals surface area contributed by atoms with Crippen LogP contribution in [-0.2, 0) is 0 Å². The second-order valence-electron chi connectivity index (χ2n) is 2.88. The lowest BCUT2D eigenvalue weighted by atomic mass is 10.2. The van der Waals surface area contributed by atoms with Gasteiger partial charge in [0.05, 0.1) is 13.3 Å². The van der Waals surface area contributed by atoms with E-state index in [1.54, 1.807) is 31.5 Å². The number of thiocarbonyl (C=S) groups is 1. The average Bonchev–Trinajstić information content (AvgIpc) is 2.29. The standard InChI is InChI=1S/C10H13N3O2S/c1-11-10(16)13-12-6-7-3-4-9(15-2)8(14)5-7/h3-6,14H,1-2H3,(H2,11,13,16). The largest absolute Gasteiger partial charge is 0.504 e. The van der Waals surface area contributed by atoms with Crippen LogP contribution in [0.2, 0.25) is 0 Å². The fraction of sp³-hybridized carbons (Fsp3) is 0.200. The highest BCUT2D eigenvalue weighted by Gasteiger charge is 2.00. The van der Waals surface area contributed by atoms with Crippen molar-refractivity contribution >= 4 is 23.5 Å². The van der Waals surface area contributed by atoms with Crippen LogP contribution in [0, 0.1) is 0 Å². The zero-order chi connectivity index (χ0) is 12.0. The van der Waals surface area contributed by atoms with Gasteiger partial charge >= 0.3 is 0 Å². The highest BCUT2D eigenvalue weighted by molar-refractivity contribution is 7.80. The van der Waals surface area contributed by atoms with Crippen LogP contribution in [0.4, 0.5) is 0 Å². The summed E-state index contributed by atoms with van der Waals surface area (Å²) in [5.41, 5.74) is 3.35. The van der Waals surface area contributed by atoms with Gasteiger partial charge in [0.15, 0.2) is 16.6 Å². The Morgan fingerprint density at radius 3 is 2.88 bits per heavy atom. The lowest BCUT2D eigenvalue weighted by molar-refractivity contribution is 0.373. The molecule has 0 heterocycles. The van der Waals surface area contributed by atoms with E-state index in [2.05, 4.69) is 15.8 Å². The Morgan fingerprint density at radius 2 is 2.31 bits per heavy atom. The third-order valence-corrected chi connectivity index (χ3v) is 2.11. The number of rotatable bonds is 3. The first kappa shape index (κ1) is 12.3. The summed E-state index contributed by atoms with van der Waals surface area (Å²) in [4.78, 5) is 0. The first-order valence-corrected chi connectivity index (χ1v) is 4.96. The highest BCUT2D eigenvalue weighted by atomic mass is 32.1. The molecule has 86 valence electrons. The van der Waals surface area contributed by atoms with Gasteiger partial charge in [0.2, 0.25) is 0 Å². The van der Waals surface area contributed by atoms with Gasteiger partial charge in [0.25, 0.3) is 0 Å². The van der Waals surface area contributed by atoms with Crippen LogP contribution in [0.25, 0.3) is 0 Å². The van der Waals surface area contributed by atoms with Crippen molar-refractivity contribution in [1.29, 1.82) is 0 Å². The van der Waals surface area contributed by atoms with E-state index in [4.69, 9.17) is 17.0 Å². The Kier molecular flexibility index (Phi) is 4.53. The molecule has 0 bridgehead atoms. The van der Waals surface area contributed by atoms with Crippen molar-refractivity contribution in [2.24, 2.45) is 5.10 Å². The van der Waals surface area contributed by atoms with Crippen molar-refractivity contribution in [3.8, 4) is 11.5 Å². The molecule has 0 aliphatic heterocycles. The molecule has 0 aliphatic carbocycles. The van der Waals surface area contributed by atoms with Gasteiger partial charge in [-0.05, 0) is 36.0 Å². The SMILES string of the molecule is CNC(=S)NN=Cc1ccc(OC)c(O)c1. The second kappa shape index (κ2) is 5.92. The van der Waals surface area contributed by atoms with Crippen molar-refractivity contribution in [1.82, 2.24) is 10.7 Å². The molecular weight excluding hydrogens is 226 g/mol. The van der Waals surface area contributed by atoms with Crippen LogP contribution in [0.3, 0.4) is 0 Å². The van der Waals surface area contributed by atoms with Gasteiger partial charge in [0.1, 0.15) is 0 Å². The van der Waals surface area contributed by atoms with Gasteiger partial charge < -0.3 is 15.2 Å². The Hall–Kier alpha value is -1.82. The fourth-order valence-corrected chi connectivity index (χ4v) is 1.06. The van der Waals surface area contributed by atoms with Gasteiger partial charge in [-0.3, -0.25) is 5.43 Å². The summed E-state index contributed by atoms with van der Waals surface area (Å²) in [6, 6.07) is 4.98. The first-order chi connectivity index (χ1) is 7.67. The molecule has 0 aromatic heterocycles. The second-order valence-corrected chi connectivity index (χ2v) is 3.29. The number of hydrogen-bond acceptors (Lipinski definition) is 4. The predicted octanol–water partition coefficient (Wildman–Crippen LogP) is 0.829. The van der Waals surface area contributed by atoms with E-state index in [9.17, 15) is 5.11 Å². The molecule has 0 fully saturated rings. The molecule has 5 nitrogen and oxygen atoms in total. The number of nitrogens with one attached hydrogen (secondary N) is 2. The molecular formula is C10H13N3O2S. The molecule has 0 saturated heterocycles. The van der Waals surface area contributed by atoms with Crippen molar-refractivity contribution < 1.29 is 9.84 Å². The van der Waals surface area contributed by atoms with Crippen LogP contribution in [0.15, 0.2) is 23.3 Å². The van der Waals surface area contributed by atoms with Crippen LogP contribution in [0.5, 0.6) is 11.5 Å². The first-order valence-electron chi connectivity index (χ1n) is 4.55. The van der Waals surface area contributed by atoms with Crippen LogP contribution >= 0.6 is 12.2 Å². The summed E-state index contributed by atoms with van der Waals surface area (Å²) >= 11 is 4.83. The molecule has 1 rings (SSSR count). The molecule has 1 aromatic carbocycles. The van der Waals surface area contributed by atoms with Crippen molar-refractivity contribution in [2.45, 2.75) is 0 Å². The Morgan fingerprint density at radius 1 is 1.56 bits per heavy atom. The molecule has 0 amide bonds. The monoisotopic (exact) mass is 239 g/mol. The number of phenols is 1. The minimum absolute atomic E-state index is 0.0719. The van der Waals surface area contributed by atoms with E-state index in [1.807, 2.05) is 0 Å². The molecule has 1 aromatic rings. The van der Waals surface area contributed by atoms with E-state index in [0.717, 1.165) is 5.56 Å². The van der Waals surface area contributed by atoms with Gasteiger partial charge in [0, 0.05) is 7.05 Å². The van der Waals surface area contributed by atoms with Gasteiger partial charge in [-0.25, -0.2) is 0 Å². The summed E-state index contributed by atoms with van der Waals surface area (Å²) in [7, 11) is 3.19. The lowest BCUT2D eigenvalue weighted by Crippen LogP contribution is -2.28. The van der Waals surface area contributed by atoms with E-state index < -0.39 is 0 Å². The van der Waals surface area contributed by atoms with E-state index in [-0.39, 0.29) is 5.75 Å². The maximum atomic E-state index is 9.50. The molecule has 16 heavy (non-hydrogen) atoms. The Balaban J connectivity index is 2.68. The summed E-state index contributed by atoms with van der Waals surface area (Å²) in [6.07, 6.45) is 1.54. The molecule has 0 atom stereocenters. The number of hydrazone groups is 1. The predicted molar refractivity (Wildman–Crippen MR) is 67.0 cm³/mol. The van der Waals surface area contributed by atoms with Crippen molar-refractivity contribution in [2.75, 3.05) is 14.2 Å². The summed E-state index contributed by atoms with van der Waals surface area (Å²) in [6.45, 7) is 0. The molecule has 6 heteroatoms. The molecule has 0 spiro atoms. The number of nitrogens with zero attached hydrogens (tertiary/aromatic N) is 1. The zero-order valence-corrected chi connectivity index (χ0v) is 9.84. The van der Waals surface area contributed by atoms with E-state index in [0.29, 0.717) is 10.9 Å². The number of aromatic hydroxyl groups is 1. The fourth-order valence-electron chi connectivity index (χ4n) is 1.01. The topological polar surface area (TPSA) is 65.9 Å². The molecule has 3 N–H and O–H groups in total. The maximum absolute atomic E-state index is 9.50. The van der Waals surface area contributed by atoms with Crippen LogP contribution in [-0.4, -0.2) is 30.6 Å². The summed E-state index contributed by atoms with van der Waals surface area (Å²) in [5.74, 6) is 0.499. The number of phenolic OH excluding ortho intramolecular Hbond substituents is 1. The molecule has 0 aliphatic rings. The van der Waals surface area contributed by atoms with Crippen molar-refractivity contribution in [3.05, 3.63) is 23.8 Å². The summed E-state index contributed by atoms with van der Waals surface area (Å²) in [5, 5.41) is 16.5. The van der Waals surface area contributed by atoms with Gasteiger partial charge in [-0.15, -0.1) is 0 Å². The molecule has 0 radical (unpaired) electrons. The number of hydrogen-bond donors (Lipinski definition) is 3. The smallest absolute Gasteiger partial charge is 0.186 e. The third-order valence-electron chi connectivity index (χ3n) is 1.81. The van der Waals surface area contributed by atoms with E-state index in [1.165, 1.54) is 7.11 Å². The zero-order valence-electron chi connectivity index (χ0n) is 9.02. The van der Waals surface area contributed by atoms with Crippen molar-refractivity contribution in [3.63, 3.8) is 0 Å². The highest BCUT2D eigenvalue weighted by Crippen LogP contribution is 2.25. The van der Waals surface area contributed by atoms with Gasteiger partial charge in [-0.1, -0.05) is 0 Å². The molecule has 0 unspecified atom stereocenters. The summed E-state index contributed by atoms with van der Waals surface area (Å²) < 4.78 is 4.92. The Labute approximate surface area is 99.1 Å². The minimum Gasteiger partial charge on any atom is -0.504 e. The quantitative estimate of drug-likeness (QED) is 0.414. The number of ether oxygens (including phenoxy) is 1.